The Bertz CT molecular complexity index is 658. The van der Waals surface area contributed by atoms with Crippen LogP contribution in [0.15, 0.2) is 46.4 Å². The number of aromatic amines is 1. The molecule has 0 amide bonds. The zero-order chi connectivity index (χ0) is 11.8. The van der Waals surface area contributed by atoms with Gasteiger partial charge in [0.2, 0.25) is 0 Å². The predicted octanol–water partition coefficient (Wildman–Crippen LogP) is 4.07. The summed E-state index contributed by atoms with van der Waals surface area (Å²) >= 11 is 5.01. The van der Waals surface area contributed by atoms with E-state index in [2.05, 4.69) is 20.9 Å². The molecule has 0 spiro atoms. The lowest BCUT2D eigenvalue weighted by atomic mass is 10.1. The highest BCUT2D eigenvalue weighted by Gasteiger charge is 2.15. The van der Waals surface area contributed by atoms with Gasteiger partial charge in [0.1, 0.15) is 6.10 Å². The van der Waals surface area contributed by atoms with Crippen LogP contribution in [0, 0.1) is 0 Å². The molecule has 0 aliphatic heterocycles. The number of nitrogens with one attached hydrogen (secondary N) is 1. The summed E-state index contributed by atoms with van der Waals surface area (Å²) in [6.45, 7) is 0. The van der Waals surface area contributed by atoms with Gasteiger partial charge in [0, 0.05) is 16.2 Å². The van der Waals surface area contributed by atoms with Gasteiger partial charge in [-0.2, -0.15) is 0 Å². The van der Waals surface area contributed by atoms with Gasteiger partial charge < -0.3 is 10.1 Å². The molecule has 0 fully saturated rings. The van der Waals surface area contributed by atoms with Crippen molar-refractivity contribution in [1.29, 1.82) is 0 Å². The highest BCUT2D eigenvalue weighted by atomic mass is 79.9. The number of aliphatic hydroxyl groups is 1. The van der Waals surface area contributed by atoms with Crippen LogP contribution in [0.3, 0.4) is 0 Å². The Labute approximate surface area is 111 Å². The number of aliphatic hydroxyl groups excluding tert-OH is 1. The molecule has 3 rings (SSSR count). The molecule has 1 aromatic carbocycles. The van der Waals surface area contributed by atoms with Gasteiger partial charge in [0.05, 0.1) is 4.88 Å². The van der Waals surface area contributed by atoms with E-state index in [1.54, 1.807) is 11.3 Å². The van der Waals surface area contributed by atoms with Crippen molar-refractivity contribution in [3.63, 3.8) is 0 Å². The summed E-state index contributed by atoms with van der Waals surface area (Å²) < 4.78 is 0.962. The minimum atomic E-state index is -0.566. The van der Waals surface area contributed by atoms with Gasteiger partial charge in [-0.15, -0.1) is 11.3 Å². The maximum Gasteiger partial charge on any atom is 0.114 e. The van der Waals surface area contributed by atoms with Gasteiger partial charge in [-0.05, 0) is 56.5 Å². The second-order valence-electron chi connectivity index (χ2n) is 3.86. The van der Waals surface area contributed by atoms with Crippen LogP contribution in [0.5, 0.6) is 0 Å². The van der Waals surface area contributed by atoms with E-state index in [9.17, 15) is 5.11 Å². The molecule has 2 heterocycles. The molecule has 0 aliphatic carbocycles. The van der Waals surface area contributed by atoms with Gasteiger partial charge in [0.15, 0.2) is 0 Å². The third-order valence-corrected chi connectivity index (χ3v) is 4.71. The third-order valence-electron chi connectivity index (χ3n) is 2.79. The van der Waals surface area contributed by atoms with Crippen molar-refractivity contribution in [2.24, 2.45) is 0 Å². The second kappa shape index (κ2) is 4.29. The molecule has 0 saturated carbocycles. The van der Waals surface area contributed by atoms with Crippen LogP contribution in [-0.2, 0) is 0 Å². The highest BCUT2D eigenvalue weighted by molar-refractivity contribution is 9.10. The largest absolute Gasteiger partial charge is 0.383 e. The molecular weight excluding hydrogens is 298 g/mol. The number of thiophene rings is 1. The Kier molecular flexibility index (Phi) is 2.78. The van der Waals surface area contributed by atoms with E-state index in [-0.39, 0.29) is 0 Å². The molecule has 2 nitrogen and oxygen atoms in total. The highest BCUT2D eigenvalue weighted by Crippen LogP contribution is 2.33. The number of halogens is 1. The molecule has 0 aliphatic rings. The molecule has 17 heavy (non-hydrogen) atoms. The lowest BCUT2D eigenvalue weighted by Gasteiger charge is -2.10. The molecule has 2 N–H and O–H groups in total. The molecule has 86 valence electrons. The summed E-state index contributed by atoms with van der Waals surface area (Å²) in [6, 6.07) is 9.93. The lowest BCUT2D eigenvalue weighted by molar-refractivity contribution is 0.223. The molecule has 2 aromatic heterocycles. The zero-order valence-electron chi connectivity index (χ0n) is 8.85. The number of benzene rings is 1. The van der Waals surface area contributed by atoms with E-state index in [0.717, 1.165) is 25.8 Å². The number of hydrogen-bond acceptors (Lipinski definition) is 2. The maximum atomic E-state index is 10.3. The third kappa shape index (κ3) is 1.92. The monoisotopic (exact) mass is 307 g/mol. The van der Waals surface area contributed by atoms with Crippen molar-refractivity contribution >= 4 is 38.2 Å². The first-order chi connectivity index (χ1) is 8.25. The summed E-state index contributed by atoms with van der Waals surface area (Å²) in [5.41, 5.74) is 2.01. The number of H-pyrrole nitrogens is 1. The molecule has 0 radical (unpaired) electrons. The quantitative estimate of drug-likeness (QED) is 0.735. The maximum absolute atomic E-state index is 10.3. The van der Waals surface area contributed by atoms with Gasteiger partial charge in [-0.25, -0.2) is 0 Å². The van der Waals surface area contributed by atoms with Crippen LogP contribution in [0.1, 0.15) is 16.5 Å². The Hall–Kier alpha value is -1.10. The first-order valence-corrected chi connectivity index (χ1v) is 6.91. The Morgan fingerprint density at radius 1 is 1.24 bits per heavy atom. The summed E-state index contributed by atoms with van der Waals surface area (Å²) in [6.07, 6.45) is 1.34. The van der Waals surface area contributed by atoms with Crippen LogP contribution in [0.2, 0.25) is 0 Å². The standard InChI is InChI=1S/C13H10BrNOS/c14-10-4-6-17-13(10)12(16)9-1-2-11-8(7-9)3-5-15-11/h1-7,12,15-16H. The molecule has 1 unspecified atom stereocenters. The van der Waals surface area contributed by atoms with Gasteiger partial charge >= 0.3 is 0 Å². The fraction of sp³-hybridized carbons (Fsp3) is 0.0769. The first kappa shape index (κ1) is 11.0. The van der Waals surface area contributed by atoms with Crippen LogP contribution < -0.4 is 0 Å². The predicted molar refractivity (Wildman–Crippen MR) is 74.4 cm³/mol. The fourth-order valence-corrected chi connectivity index (χ4v) is 3.49. The van der Waals surface area contributed by atoms with Crippen molar-refractivity contribution in [2.75, 3.05) is 0 Å². The summed E-state index contributed by atoms with van der Waals surface area (Å²) in [4.78, 5) is 4.09. The van der Waals surface area contributed by atoms with Crippen LogP contribution in [-0.4, -0.2) is 10.1 Å². The van der Waals surface area contributed by atoms with Crippen molar-refractivity contribution in [1.82, 2.24) is 4.98 Å². The van der Waals surface area contributed by atoms with E-state index >= 15 is 0 Å². The summed E-state index contributed by atoms with van der Waals surface area (Å²) in [5.74, 6) is 0. The first-order valence-electron chi connectivity index (χ1n) is 5.24. The molecular formula is C13H10BrNOS. The topological polar surface area (TPSA) is 36.0 Å². The fourth-order valence-electron chi connectivity index (χ4n) is 1.89. The molecule has 1 atom stereocenters. The zero-order valence-corrected chi connectivity index (χ0v) is 11.3. The SMILES string of the molecule is OC(c1ccc2[nH]ccc2c1)c1sccc1Br. The number of hydrogen-bond donors (Lipinski definition) is 2. The minimum absolute atomic E-state index is 0.566. The van der Waals surface area contributed by atoms with Crippen molar-refractivity contribution in [2.45, 2.75) is 6.10 Å². The smallest absolute Gasteiger partial charge is 0.114 e. The van der Waals surface area contributed by atoms with Gasteiger partial charge in [-0.1, -0.05) is 6.07 Å². The van der Waals surface area contributed by atoms with Crippen LogP contribution in [0.25, 0.3) is 10.9 Å². The molecule has 3 aromatic rings. The Morgan fingerprint density at radius 3 is 2.88 bits per heavy atom. The average molecular weight is 308 g/mol. The van der Waals surface area contributed by atoms with E-state index < -0.39 is 6.10 Å². The lowest BCUT2D eigenvalue weighted by Crippen LogP contribution is -1.97. The number of aromatic nitrogens is 1. The molecule has 0 bridgehead atoms. The average Bonchev–Trinajstić information content (AvgIpc) is 2.95. The van der Waals surface area contributed by atoms with Crippen LogP contribution in [0.4, 0.5) is 0 Å². The van der Waals surface area contributed by atoms with Crippen molar-refractivity contribution < 1.29 is 5.11 Å². The van der Waals surface area contributed by atoms with Gasteiger partial charge in [0.25, 0.3) is 0 Å². The Balaban J connectivity index is 2.06. The van der Waals surface area contributed by atoms with Crippen molar-refractivity contribution in [3.8, 4) is 0 Å². The minimum Gasteiger partial charge on any atom is -0.383 e. The van der Waals surface area contributed by atoms with E-state index in [1.807, 2.05) is 41.9 Å². The van der Waals surface area contributed by atoms with E-state index in [4.69, 9.17) is 0 Å². The van der Waals surface area contributed by atoms with Gasteiger partial charge in [-0.3, -0.25) is 0 Å². The number of fused-ring (bicyclic) bond motifs is 1. The van der Waals surface area contributed by atoms with E-state index in [1.165, 1.54) is 0 Å². The summed E-state index contributed by atoms with van der Waals surface area (Å²) in [5, 5.41) is 13.4. The summed E-state index contributed by atoms with van der Waals surface area (Å²) in [7, 11) is 0. The second-order valence-corrected chi connectivity index (χ2v) is 5.66. The van der Waals surface area contributed by atoms with E-state index in [0.29, 0.717) is 0 Å². The molecule has 0 saturated heterocycles. The van der Waals surface area contributed by atoms with Crippen LogP contribution >= 0.6 is 27.3 Å². The normalized spacial score (nSPS) is 13.1. The molecule has 4 heteroatoms. The van der Waals surface area contributed by atoms with Crippen molar-refractivity contribution in [3.05, 3.63) is 56.8 Å². The number of rotatable bonds is 2. The Morgan fingerprint density at radius 2 is 2.12 bits per heavy atom.